The van der Waals surface area contributed by atoms with E-state index >= 15 is 0 Å². The Morgan fingerprint density at radius 1 is 1.26 bits per heavy atom. The molecule has 0 amide bonds. The molecule has 2 aliphatic carbocycles. The number of benzene rings is 1. The molecule has 2 nitrogen and oxygen atoms in total. The van der Waals surface area contributed by atoms with Crippen molar-refractivity contribution < 1.29 is 4.74 Å². The van der Waals surface area contributed by atoms with Crippen LogP contribution in [0.15, 0.2) is 18.2 Å². The molecule has 1 unspecified atom stereocenters. The number of rotatable bonds is 9. The average molecular weight is 356 g/mol. The number of ether oxygens (including phenoxy) is 1. The summed E-state index contributed by atoms with van der Waals surface area (Å²) in [7, 11) is 1.78. The van der Waals surface area contributed by atoms with Crippen LogP contribution in [-0.2, 0) is 10.2 Å². The molecule has 0 aliphatic heterocycles. The summed E-state index contributed by atoms with van der Waals surface area (Å²) >= 11 is 12.4. The highest BCUT2D eigenvalue weighted by Crippen LogP contribution is 2.49. The van der Waals surface area contributed by atoms with Crippen molar-refractivity contribution >= 4 is 23.2 Å². The van der Waals surface area contributed by atoms with Crippen molar-refractivity contribution in [3.05, 3.63) is 33.8 Å². The van der Waals surface area contributed by atoms with Gasteiger partial charge in [-0.1, -0.05) is 35.7 Å². The Kier molecular flexibility index (Phi) is 5.90. The van der Waals surface area contributed by atoms with Gasteiger partial charge in [0.1, 0.15) is 0 Å². The van der Waals surface area contributed by atoms with E-state index in [0.29, 0.717) is 16.1 Å². The largest absolute Gasteiger partial charge is 0.385 e. The van der Waals surface area contributed by atoms with E-state index in [9.17, 15) is 0 Å². The lowest BCUT2D eigenvalue weighted by Gasteiger charge is -2.49. The van der Waals surface area contributed by atoms with Crippen LogP contribution in [-0.4, -0.2) is 26.3 Å². The molecule has 2 saturated carbocycles. The van der Waals surface area contributed by atoms with Crippen LogP contribution in [0, 0.1) is 5.92 Å². The normalized spacial score (nSPS) is 21.0. The zero-order valence-electron chi connectivity index (χ0n) is 13.9. The van der Waals surface area contributed by atoms with Gasteiger partial charge in [-0.25, -0.2) is 0 Å². The molecular formula is C19H27Cl2NO. The molecule has 0 aromatic heterocycles. The summed E-state index contributed by atoms with van der Waals surface area (Å²) in [5.74, 6) is 0.894. The minimum Gasteiger partial charge on any atom is -0.385 e. The van der Waals surface area contributed by atoms with E-state index in [1.807, 2.05) is 6.07 Å². The third-order valence-electron chi connectivity index (χ3n) is 5.60. The number of halogens is 2. The highest BCUT2D eigenvalue weighted by molar-refractivity contribution is 6.42. The Hall–Kier alpha value is -0.280. The third kappa shape index (κ3) is 4.04. The van der Waals surface area contributed by atoms with Gasteiger partial charge in [0, 0.05) is 25.2 Å². The zero-order chi connectivity index (χ0) is 16.3. The maximum atomic E-state index is 6.30. The Labute approximate surface area is 149 Å². The average Bonchev–Trinajstić information content (AvgIpc) is 3.31. The minimum absolute atomic E-state index is 0.219. The van der Waals surface area contributed by atoms with Gasteiger partial charge in [-0.15, -0.1) is 0 Å². The van der Waals surface area contributed by atoms with Crippen LogP contribution in [0.4, 0.5) is 0 Å². The van der Waals surface area contributed by atoms with Gasteiger partial charge in [0.2, 0.25) is 0 Å². The van der Waals surface area contributed by atoms with Crippen molar-refractivity contribution in [2.24, 2.45) is 5.92 Å². The van der Waals surface area contributed by atoms with E-state index in [-0.39, 0.29) is 5.41 Å². The highest BCUT2D eigenvalue weighted by Gasteiger charge is 2.45. The van der Waals surface area contributed by atoms with Gasteiger partial charge in [-0.3, -0.25) is 0 Å². The predicted octanol–water partition coefficient (Wildman–Crippen LogP) is 5.21. The lowest BCUT2D eigenvalue weighted by molar-refractivity contribution is 0.140. The number of hydrogen-bond acceptors (Lipinski definition) is 2. The van der Waals surface area contributed by atoms with E-state index < -0.39 is 0 Å². The quantitative estimate of drug-likeness (QED) is 0.613. The summed E-state index contributed by atoms with van der Waals surface area (Å²) in [6.45, 7) is 1.99. The molecule has 3 rings (SSSR count). The zero-order valence-corrected chi connectivity index (χ0v) is 15.4. The Bertz CT molecular complexity index is 526. The monoisotopic (exact) mass is 355 g/mol. The van der Waals surface area contributed by atoms with Crippen molar-refractivity contribution in [2.75, 3.05) is 20.3 Å². The van der Waals surface area contributed by atoms with Crippen molar-refractivity contribution in [3.8, 4) is 0 Å². The van der Waals surface area contributed by atoms with Gasteiger partial charge in [0.25, 0.3) is 0 Å². The molecule has 1 N–H and O–H groups in total. The number of nitrogens with one attached hydrogen (secondary N) is 1. The Morgan fingerprint density at radius 2 is 2.04 bits per heavy atom. The van der Waals surface area contributed by atoms with Crippen LogP contribution in [0.25, 0.3) is 0 Å². The van der Waals surface area contributed by atoms with Crippen LogP contribution in [0.5, 0.6) is 0 Å². The van der Waals surface area contributed by atoms with E-state index in [2.05, 4.69) is 17.4 Å². The van der Waals surface area contributed by atoms with Gasteiger partial charge in [-0.2, -0.15) is 0 Å². The molecule has 0 radical (unpaired) electrons. The maximum absolute atomic E-state index is 6.30. The molecule has 2 aliphatic rings. The Morgan fingerprint density at radius 3 is 2.61 bits per heavy atom. The molecule has 23 heavy (non-hydrogen) atoms. The summed E-state index contributed by atoms with van der Waals surface area (Å²) < 4.78 is 5.27. The summed E-state index contributed by atoms with van der Waals surface area (Å²) in [5.41, 5.74) is 1.57. The van der Waals surface area contributed by atoms with Gasteiger partial charge >= 0.3 is 0 Å². The molecule has 1 aromatic rings. The Balaban J connectivity index is 1.78. The molecule has 1 atom stereocenters. The lowest BCUT2D eigenvalue weighted by atomic mass is 9.59. The summed E-state index contributed by atoms with van der Waals surface area (Å²) in [5, 5.41) is 5.20. The fourth-order valence-electron chi connectivity index (χ4n) is 3.84. The molecule has 0 bridgehead atoms. The molecule has 0 saturated heterocycles. The predicted molar refractivity (Wildman–Crippen MR) is 97.6 cm³/mol. The second-order valence-corrected chi connectivity index (χ2v) is 7.99. The molecule has 1 aromatic carbocycles. The topological polar surface area (TPSA) is 21.3 Å². The summed E-state index contributed by atoms with van der Waals surface area (Å²) in [4.78, 5) is 0. The lowest BCUT2D eigenvalue weighted by Crippen LogP contribution is -2.53. The smallest absolute Gasteiger partial charge is 0.0595 e. The van der Waals surface area contributed by atoms with E-state index in [4.69, 9.17) is 27.9 Å². The number of hydrogen-bond donors (Lipinski definition) is 1. The maximum Gasteiger partial charge on any atom is 0.0595 e. The molecule has 4 heteroatoms. The minimum atomic E-state index is 0.219. The van der Waals surface area contributed by atoms with Crippen LogP contribution in [0.3, 0.4) is 0 Å². The van der Waals surface area contributed by atoms with Gasteiger partial charge in [0.15, 0.2) is 0 Å². The second kappa shape index (κ2) is 7.74. The first-order chi connectivity index (χ1) is 11.2. The standard InChI is InChI=1S/C19H27Cl2NO/c1-23-11-2-4-18(22-13-14-5-6-14)19(9-3-10-19)15-7-8-16(20)17(21)12-15/h7-8,12,14,18,22H,2-6,9-11,13H2,1H3. The molecule has 0 spiro atoms. The molecular weight excluding hydrogens is 329 g/mol. The summed E-state index contributed by atoms with van der Waals surface area (Å²) in [6.07, 6.45) is 8.80. The molecule has 128 valence electrons. The third-order valence-corrected chi connectivity index (χ3v) is 6.34. The van der Waals surface area contributed by atoms with Crippen molar-refractivity contribution in [3.63, 3.8) is 0 Å². The van der Waals surface area contributed by atoms with Crippen LogP contribution < -0.4 is 5.32 Å². The first-order valence-electron chi connectivity index (χ1n) is 8.83. The van der Waals surface area contributed by atoms with Gasteiger partial charge < -0.3 is 10.1 Å². The first kappa shape index (κ1) is 17.5. The van der Waals surface area contributed by atoms with Crippen LogP contribution in [0.1, 0.15) is 50.5 Å². The van der Waals surface area contributed by atoms with E-state index in [0.717, 1.165) is 31.9 Å². The number of methoxy groups -OCH3 is 1. The van der Waals surface area contributed by atoms with Crippen molar-refractivity contribution in [1.82, 2.24) is 5.32 Å². The van der Waals surface area contributed by atoms with Gasteiger partial charge in [-0.05, 0) is 68.7 Å². The van der Waals surface area contributed by atoms with Crippen LogP contribution >= 0.6 is 23.2 Å². The fraction of sp³-hybridized carbons (Fsp3) is 0.684. The van der Waals surface area contributed by atoms with E-state index in [1.54, 1.807) is 7.11 Å². The first-order valence-corrected chi connectivity index (χ1v) is 9.59. The van der Waals surface area contributed by atoms with Crippen molar-refractivity contribution in [1.29, 1.82) is 0 Å². The molecule has 2 fully saturated rings. The van der Waals surface area contributed by atoms with Gasteiger partial charge in [0.05, 0.1) is 10.0 Å². The summed E-state index contributed by atoms with van der Waals surface area (Å²) in [6, 6.07) is 6.72. The highest BCUT2D eigenvalue weighted by atomic mass is 35.5. The van der Waals surface area contributed by atoms with Crippen LogP contribution in [0.2, 0.25) is 10.0 Å². The fourth-order valence-corrected chi connectivity index (χ4v) is 4.14. The van der Waals surface area contributed by atoms with Crippen molar-refractivity contribution in [2.45, 2.75) is 56.4 Å². The SMILES string of the molecule is COCCCC(NCC1CC1)C1(c2ccc(Cl)c(Cl)c2)CCC1. The van der Waals surface area contributed by atoms with E-state index in [1.165, 1.54) is 37.7 Å². The molecule has 0 heterocycles. The second-order valence-electron chi connectivity index (χ2n) is 7.18.